The van der Waals surface area contributed by atoms with Crippen LogP contribution in [0.5, 0.6) is 0 Å². The van der Waals surface area contributed by atoms with E-state index in [2.05, 4.69) is 18.2 Å². The second kappa shape index (κ2) is 18.0. The Hall–Kier alpha value is -1.06. The highest BCUT2D eigenvalue weighted by molar-refractivity contribution is 5.43. The fourth-order valence-electron chi connectivity index (χ4n) is 3.88. The van der Waals surface area contributed by atoms with Crippen LogP contribution in [-0.2, 0) is 32.7 Å². The van der Waals surface area contributed by atoms with E-state index in [0.717, 1.165) is 0 Å². The summed E-state index contributed by atoms with van der Waals surface area (Å²) >= 11 is 0. The van der Waals surface area contributed by atoms with Gasteiger partial charge in [0.1, 0.15) is 0 Å². The predicted octanol–water partition coefficient (Wildman–Crippen LogP) is 6.62. The summed E-state index contributed by atoms with van der Waals surface area (Å²) in [6, 6.07) is 0. The summed E-state index contributed by atoms with van der Waals surface area (Å²) in [5.41, 5.74) is 8.21. The van der Waals surface area contributed by atoms with E-state index >= 15 is 0 Å². The van der Waals surface area contributed by atoms with Gasteiger partial charge in [-0.1, -0.05) is 53.7 Å². The Bertz CT molecular complexity index is 470. The highest BCUT2D eigenvalue weighted by Gasteiger charge is 2.26. The lowest BCUT2D eigenvalue weighted by Gasteiger charge is -2.02. The number of rotatable bonds is 0. The third-order valence-electron chi connectivity index (χ3n) is 4.86. The van der Waals surface area contributed by atoms with Crippen LogP contribution in [0.2, 0.25) is 0 Å². The monoisotopic (exact) mass is 393 g/mol. The van der Waals surface area contributed by atoms with Gasteiger partial charge in [-0.05, 0) is 75.3 Å². The van der Waals surface area contributed by atoms with Crippen molar-refractivity contribution in [2.45, 2.75) is 106 Å². The van der Waals surface area contributed by atoms with Crippen molar-refractivity contribution in [1.82, 2.24) is 9.58 Å². The van der Waals surface area contributed by atoms with Crippen molar-refractivity contribution in [3.8, 4) is 0 Å². The van der Waals surface area contributed by atoms with Crippen molar-refractivity contribution in [2.24, 2.45) is 12.9 Å². The van der Waals surface area contributed by atoms with Gasteiger partial charge < -0.3 is 4.57 Å². The van der Waals surface area contributed by atoms with Crippen LogP contribution in [0.25, 0.3) is 0 Å². The maximum atomic E-state index is 4.94. The van der Waals surface area contributed by atoms with Crippen LogP contribution in [0.1, 0.15) is 103 Å². The first-order valence-corrected chi connectivity index (χ1v) is 11.8. The molecule has 0 saturated heterocycles. The second-order valence-electron chi connectivity index (χ2n) is 7.04. The average molecular weight is 394 g/mol. The molecule has 0 aliphatic heterocycles. The molecule has 3 nitrogen and oxygen atoms in total. The zero-order valence-electron chi connectivity index (χ0n) is 20.7. The van der Waals surface area contributed by atoms with E-state index in [1.54, 1.807) is 36.6 Å². The molecule has 0 radical (unpaired) electrons. The van der Waals surface area contributed by atoms with E-state index < -0.39 is 0 Å². The maximum absolute atomic E-state index is 4.94. The van der Waals surface area contributed by atoms with Gasteiger partial charge in [0.2, 0.25) is 0 Å². The summed E-state index contributed by atoms with van der Waals surface area (Å²) in [4.78, 5) is 0. The minimum Gasteiger partial charge on any atom is -0.351 e. The van der Waals surface area contributed by atoms with E-state index in [1.165, 1.54) is 74.8 Å². The molecule has 0 aromatic carbocycles. The van der Waals surface area contributed by atoms with Gasteiger partial charge in [0.25, 0.3) is 0 Å². The third kappa shape index (κ3) is 9.93. The predicted molar refractivity (Wildman–Crippen MR) is 129 cm³/mol. The first-order valence-electron chi connectivity index (χ1n) is 11.8. The first-order chi connectivity index (χ1) is 13.5. The minimum absolute atomic E-state index is 1.29. The molecule has 166 valence electrons. The van der Waals surface area contributed by atoms with Gasteiger partial charge in [0, 0.05) is 32.5 Å². The van der Waals surface area contributed by atoms with Gasteiger partial charge in [-0.15, -0.1) is 0 Å². The van der Waals surface area contributed by atoms with Crippen LogP contribution in [0.3, 0.4) is 0 Å². The standard InChI is InChI=1S/C11H15N.C6H10.C2H8N2.3C2H6/c1-12-10-6-2-4-8(10)9-5-3-7-11(9)12;1-6-4-2-3-5-6;1-4(2)3;3*1-2/h2-7H2,1H3;1-5H2;3H2,1-2H3;3*1-2H3. The van der Waals surface area contributed by atoms with Gasteiger partial charge in [-0.2, -0.15) is 0 Å². The lowest BCUT2D eigenvalue weighted by molar-refractivity contribution is 0.432. The van der Waals surface area contributed by atoms with Crippen molar-refractivity contribution in [1.29, 1.82) is 0 Å². The van der Waals surface area contributed by atoms with Gasteiger partial charge in [-0.25, -0.2) is 0 Å². The summed E-state index contributed by atoms with van der Waals surface area (Å²) in [6.45, 7) is 15.9. The maximum Gasteiger partial charge on any atom is 0.0209 e. The zero-order valence-corrected chi connectivity index (χ0v) is 20.7. The van der Waals surface area contributed by atoms with Crippen molar-refractivity contribution in [3.63, 3.8) is 0 Å². The SMILES string of the molecule is C=C1CCCC1.CC.CC.CC.CN(C)N.Cn1c2c(c3c1CCC3)CCC2. The number of hydrogen-bond acceptors (Lipinski definition) is 2. The molecule has 0 spiro atoms. The Morgan fingerprint density at radius 2 is 1.00 bits per heavy atom. The zero-order chi connectivity index (χ0) is 22.1. The molecule has 3 heteroatoms. The van der Waals surface area contributed by atoms with Gasteiger partial charge in [0.05, 0.1) is 0 Å². The van der Waals surface area contributed by atoms with Crippen molar-refractivity contribution >= 4 is 0 Å². The molecule has 1 heterocycles. The van der Waals surface area contributed by atoms with Crippen LogP contribution in [0, 0.1) is 0 Å². The number of nitrogens with zero attached hydrogens (tertiary/aromatic N) is 2. The van der Waals surface area contributed by atoms with E-state index in [9.17, 15) is 0 Å². The summed E-state index contributed by atoms with van der Waals surface area (Å²) in [5, 5.41) is 1.50. The largest absolute Gasteiger partial charge is 0.351 e. The molecule has 4 rings (SSSR count). The third-order valence-corrected chi connectivity index (χ3v) is 4.86. The molecule has 1 fully saturated rings. The molecule has 0 atom stereocenters. The quantitative estimate of drug-likeness (QED) is 0.305. The van der Waals surface area contributed by atoms with Crippen LogP contribution in [-0.4, -0.2) is 23.7 Å². The van der Waals surface area contributed by atoms with E-state index in [1.807, 2.05) is 41.5 Å². The molecule has 0 unspecified atom stereocenters. The first kappa shape index (κ1) is 29.1. The summed E-state index contributed by atoms with van der Waals surface area (Å²) < 4.78 is 2.48. The molecule has 2 N–H and O–H groups in total. The van der Waals surface area contributed by atoms with E-state index in [4.69, 9.17) is 5.84 Å². The number of aromatic nitrogens is 1. The topological polar surface area (TPSA) is 34.2 Å². The molecular formula is C25H51N3. The van der Waals surface area contributed by atoms with Gasteiger partial charge in [0.15, 0.2) is 0 Å². The Morgan fingerprint density at radius 1 is 0.679 bits per heavy atom. The molecule has 0 amide bonds. The van der Waals surface area contributed by atoms with Crippen LogP contribution >= 0.6 is 0 Å². The highest BCUT2D eigenvalue weighted by atomic mass is 15.4. The second-order valence-corrected chi connectivity index (χ2v) is 7.04. The molecule has 28 heavy (non-hydrogen) atoms. The van der Waals surface area contributed by atoms with Crippen LogP contribution in [0.15, 0.2) is 12.2 Å². The Balaban J connectivity index is 0. The highest BCUT2D eigenvalue weighted by Crippen LogP contribution is 2.35. The molecule has 0 bridgehead atoms. The fraction of sp³-hybridized carbons (Fsp3) is 0.760. The van der Waals surface area contributed by atoms with Gasteiger partial charge in [-0.3, -0.25) is 10.9 Å². The number of nitrogens with two attached hydrogens (primary N) is 1. The number of fused-ring (bicyclic) bond motifs is 3. The van der Waals surface area contributed by atoms with E-state index in [-0.39, 0.29) is 0 Å². The van der Waals surface area contributed by atoms with Crippen LogP contribution < -0.4 is 5.84 Å². The Morgan fingerprint density at radius 3 is 1.25 bits per heavy atom. The van der Waals surface area contributed by atoms with E-state index in [0.29, 0.717) is 0 Å². The molecular weight excluding hydrogens is 342 g/mol. The molecule has 1 aromatic heterocycles. The number of hydrogen-bond donors (Lipinski definition) is 1. The lowest BCUT2D eigenvalue weighted by Crippen LogP contribution is -2.18. The van der Waals surface area contributed by atoms with Crippen LogP contribution in [0.4, 0.5) is 0 Å². The number of hydrazine groups is 1. The summed E-state index contributed by atoms with van der Waals surface area (Å²) in [7, 11) is 5.81. The summed E-state index contributed by atoms with van der Waals surface area (Å²) in [5.74, 6) is 4.94. The smallest absolute Gasteiger partial charge is 0.0209 e. The Labute approximate surface area is 177 Å². The van der Waals surface area contributed by atoms with Crippen molar-refractivity contribution in [3.05, 3.63) is 34.7 Å². The molecule has 3 aliphatic rings. The number of allylic oxidation sites excluding steroid dienone is 1. The van der Waals surface area contributed by atoms with Gasteiger partial charge >= 0.3 is 0 Å². The summed E-state index contributed by atoms with van der Waals surface area (Å²) in [6.07, 6.45) is 13.5. The minimum atomic E-state index is 1.29. The molecule has 1 aromatic rings. The fourth-order valence-corrected chi connectivity index (χ4v) is 3.88. The average Bonchev–Trinajstić information content (AvgIpc) is 3.48. The van der Waals surface area contributed by atoms with Crippen molar-refractivity contribution in [2.75, 3.05) is 14.1 Å². The normalized spacial score (nSPS) is 15.2. The lowest BCUT2D eigenvalue weighted by atomic mass is 10.1. The Kier molecular flexibility index (Phi) is 18.7. The van der Waals surface area contributed by atoms with Crippen molar-refractivity contribution < 1.29 is 0 Å². The molecule has 3 aliphatic carbocycles. The molecule has 1 saturated carbocycles.